The Morgan fingerprint density at radius 1 is 1.12 bits per heavy atom. The Bertz CT molecular complexity index is 655. The highest BCUT2D eigenvalue weighted by molar-refractivity contribution is 8.13. The average molecular weight is 372 g/mol. The second kappa shape index (κ2) is 7.90. The molecule has 0 bridgehead atoms. The van der Waals surface area contributed by atoms with E-state index >= 15 is 0 Å². The third-order valence-corrected chi connectivity index (χ3v) is 3.19. The topological polar surface area (TPSA) is 108 Å². The molecule has 0 aliphatic rings. The van der Waals surface area contributed by atoms with Crippen molar-refractivity contribution >= 4 is 29.1 Å². The molecule has 0 saturated carbocycles. The maximum atomic E-state index is 12.3. The van der Waals surface area contributed by atoms with Gasteiger partial charge in [0.05, 0.1) is 12.1 Å². The minimum Gasteiger partial charge on any atom is -0.481 e. The molecule has 8 nitrogen and oxygen atoms in total. The average Bonchev–Trinajstić information content (AvgIpc) is 2.75. The summed E-state index contributed by atoms with van der Waals surface area (Å²) in [5.74, 6) is -0.979. The normalized spacial score (nSPS) is 11.9. The molecule has 1 N–H and O–H groups in total. The lowest BCUT2D eigenvalue weighted by Crippen LogP contribution is -2.27. The second-order valence-corrected chi connectivity index (χ2v) is 8.23. The van der Waals surface area contributed by atoms with E-state index in [2.05, 4.69) is 4.98 Å². The second-order valence-electron chi connectivity index (χ2n) is 7.33. The Morgan fingerprint density at radius 2 is 1.68 bits per heavy atom. The van der Waals surface area contributed by atoms with E-state index in [4.69, 9.17) is 14.6 Å². The van der Waals surface area contributed by atoms with E-state index in [9.17, 15) is 14.4 Å². The van der Waals surface area contributed by atoms with Crippen LogP contribution in [0.1, 0.15) is 53.7 Å². The Kier molecular flexibility index (Phi) is 6.64. The summed E-state index contributed by atoms with van der Waals surface area (Å²) in [5, 5.41) is 8.24. The first kappa shape index (κ1) is 21.0. The van der Waals surface area contributed by atoms with E-state index in [0.717, 1.165) is 4.57 Å². The van der Waals surface area contributed by atoms with Crippen LogP contribution in [0.15, 0.2) is 11.4 Å². The van der Waals surface area contributed by atoms with Crippen molar-refractivity contribution in [3.63, 3.8) is 0 Å². The van der Waals surface area contributed by atoms with Gasteiger partial charge >= 0.3 is 17.4 Å². The lowest BCUT2D eigenvalue weighted by atomic mass is 10.2. The van der Waals surface area contributed by atoms with Crippen LogP contribution in [0.5, 0.6) is 0 Å². The third-order valence-electron chi connectivity index (χ3n) is 2.47. The molecule has 0 amide bonds. The number of thioether (sulfide) groups is 1. The first-order valence-electron chi connectivity index (χ1n) is 7.71. The van der Waals surface area contributed by atoms with Gasteiger partial charge in [0, 0.05) is 24.4 Å². The molecule has 1 rings (SSSR count). The largest absolute Gasteiger partial charge is 0.481 e. The van der Waals surface area contributed by atoms with Gasteiger partial charge < -0.3 is 14.6 Å². The third kappa shape index (κ3) is 8.06. The van der Waals surface area contributed by atoms with E-state index in [1.807, 2.05) is 0 Å². The number of ether oxygens (including phenoxy) is 2. The molecule has 140 valence electrons. The molecule has 0 radical (unpaired) electrons. The van der Waals surface area contributed by atoms with E-state index in [0.29, 0.717) is 17.5 Å². The van der Waals surface area contributed by atoms with Gasteiger partial charge in [-0.3, -0.25) is 4.79 Å². The molecule has 0 aliphatic carbocycles. The predicted molar refractivity (Wildman–Crippen MR) is 91.9 cm³/mol. The molecular formula is C16H24N2O6S. The summed E-state index contributed by atoms with van der Waals surface area (Å²) in [4.78, 5) is 39.2. The molecule has 0 fully saturated rings. The fourth-order valence-corrected chi connectivity index (χ4v) is 2.45. The molecule has 1 aromatic heterocycles. The summed E-state index contributed by atoms with van der Waals surface area (Å²) in [7, 11) is 0. The lowest BCUT2D eigenvalue weighted by molar-refractivity contribution is -0.136. The monoisotopic (exact) mass is 372 g/mol. The van der Waals surface area contributed by atoms with Crippen molar-refractivity contribution in [3.05, 3.63) is 11.9 Å². The van der Waals surface area contributed by atoms with Crippen LogP contribution in [0, 0.1) is 0 Å². The fraction of sp³-hybridized carbons (Fsp3) is 0.625. The molecule has 0 aliphatic heterocycles. The van der Waals surface area contributed by atoms with Gasteiger partial charge in [-0.25, -0.2) is 19.1 Å². The highest BCUT2D eigenvalue weighted by Crippen LogP contribution is 2.24. The van der Waals surface area contributed by atoms with Crippen LogP contribution in [0.4, 0.5) is 9.59 Å². The van der Waals surface area contributed by atoms with E-state index in [1.54, 1.807) is 41.5 Å². The highest BCUT2D eigenvalue weighted by Gasteiger charge is 2.25. The van der Waals surface area contributed by atoms with E-state index in [1.165, 1.54) is 6.20 Å². The first-order chi connectivity index (χ1) is 11.3. The summed E-state index contributed by atoms with van der Waals surface area (Å²) in [6.45, 7) is 10.3. The number of carboxylic acid groups (broad SMARTS) is 1. The van der Waals surface area contributed by atoms with Gasteiger partial charge in [0.1, 0.15) is 11.2 Å². The van der Waals surface area contributed by atoms with Crippen molar-refractivity contribution in [2.24, 2.45) is 0 Å². The van der Waals surface area contributed by atoms with Crippen LogP contribution in [0.25, 0.3) is 0 Å². The zero-order chi connectivity index (χ0) is 19.4. The maximum absolute atomic E-state index is 12.3. The van der Waals surface area contributed by atoms with Crippen molar-refractivity contribution in [3.8, 4) is 0 Å². The number of aliphatic carboxylic acids is 1. The van der Waals surface area contributed by atoms with Gasteiger partial charge in [-0.2, -0.15) is 0 Å². The minimum absolute atomic E-state index is 0.0730. The van der Waals surface area contributed by atoms with Crippen LogP contribution in [-0.4, -0.2) is 43.2 Å². The number of aryl methyl sites for hydroxylation is 1. The van der Waals surface area contributed by atoms with E-state index in [-0.39, 0.29) is 18.0 Å². The minimum atomic E-state index is -0.979. The van der Waals surface area contributed by atoms with Crippen LogP contribution < -0.4 is 0 Å². The molecule has 9 heteroatoms. The Morgan fingerprint density at radius 3 is 2.16 bits per heavy atom. The Labute approximate surface area is 150 Å². The van der Waals surface area contributed by atoms with Gasteiger partial charge in [-0.15, -0.1) is 0 Å². The number of rotatable bonds is 4. The van der Waals surface area contributed by atoms with Crippen LogP contribution in [0.3, 0.4) is 0 Å². The summed E-state index contributed by atoms with van der Waals surface area (Å²) in [5.41, 5.74) is -1.03. The van der Waals surface area contributed by atoms with Crippen molar-refractivity contribution in [2.45, 2.75) is 70.7 Å². The zero-order valence-electron chi connectivity index (χ0n) is 15.3. The molecule has 1 heterocycles. The molecular weight excluding hydrogens is 348 g/mol. The van der Waals surface area contributed by atoms with Gasteiger partial charge in [-0.1, -0.05) is 0 Å². The summed E-state index contributed by atoms with van der Waals surface area (Å²) >= 11 is 0.649. The van der Waals surface area contributed by atoms with Crippen molar-refractivity contribution in [1.82, 2.24) is 9.55 Å². The summed E-state index contributed by atoms with van der Waals surface area (Å²) < 4.78 is 11.6. The standard InChI is InChI=1S/C16H24N2O6S/c1-15(2,3)23-13(21)18-9-10(7-8-11(19)20)17-12(18)25-14(22)24-16(4,5)6/h9H,7-8H2,1-6H3,(H,19,20). The number of nitrogens with zero attached hydrogens (tertiary/aromatic N) is 2. The molecule has 0 unspecified atom stereocenters. The van der Waals surface area contributed by atoms with Crippen molar-refractivity contribution in [1.29, 1.82) is 0 Å². The summed E-state index contributed by atoms with van der Waals surface area (Å²) in [6, 6.07) is 0. The zero-order valence-corrected chi connectivity index (χ0v) is 16.1. The number of imidazole rings is 1. The van der Waals surface area contributed by atoms with Gasteiger partial charge in [0.25, 0.3) is 0 Å². The smallest absolute Gasteiger partial charge is 0.420 e. The van der Waals surface area contributed by atoms with Crippen molar-refractivity contribution in [2.75, 3.05) is 0 Å². The van der Waals surface area contributed by atoms with Gasteiger partial charge in [0.2, 0.25) is 0 Å². The number of carbonyl (C=O) groups excluding carboxylic acids is 2. The summed E-state index contributed by atoms with van der Waals surface area (Å²) in [6.07, 6.45) is 0.672. The SMILES string of the molecule is CC(C)(C)OC(=O)Sc1nc(CCC(=O)O)cn1C(=O)OC(C)(C)C. The molecule has 0 aromatic carbocycles. The van der Waals surface area contributed by atoms with E-state index < -0.39 is 28.6 Å². The fourth-order valence-electron chi connectivity index (χ4n) is 1.62. The van der Waals surface area contributed by atoms with Crippen LogP contribution in [-0.2, 0) is 20.7 Å². The number of carbonyl (C=O) groups is 3. The molecule has 0 saturated heterocycles. The number of aromatic nitrogens is 2. The number of carboxylic acids is 1. The molecule has 0 atom stereocenters. The maximum Gasteiger partial charge on any atom is 0.420 e. The van der Waals surface area contributed by atoms with Crippen molar-refractivity contribution < 1.29 is 29.0 Å². The predicted octanol–water partition coefficient (Wildman–Crippen LogP) is 3.71. The van der Waals surface area contributed by atoms with Gasteiger partial charge in [-0.05, 0) is 41.5 Å². The quantitative estimate of drug-likeness (QED) is 0.629. The van der Waals surface area contributed by atoms with Crippen LogP contribution >= 0.6 is 11.8 Å². The number of hydrogen-bond acceptors (Lipinski definition) is 7. The molecule has 1 aromatic rings. The molecule has 25 heavy (non-hydrogen) atoms. The highest BCUT2D eigenvalue weighted by atomic mass is 32.2. The first-order valence-corrected chi connectivity index (χ1v) is 8.53. The Hall–Kier alpha value is -2.03. The number of hydrogen-bond donors (Lipinski definition) is 1. The van der Waals surface area contributed by atoms with Crippen LogP contribution in [0.2, 0.25) is 0 Å². The molecule has 0 spiro atoms. The lowest BCUT2D eigenvalue weighted by Gasteiger charge is -2.20. The Balaban J connectivity index is 3.04. The van der Waals surface area contributed by atoms with Gasteiger partial charge in [0.15, 0.2) is 5.16 Å².